The summed E-state index contributed by atoms with van der Waals surface area (Å²) in [5.41, 5.74) is 0. The smallest absolute Gasteiger partial charge is 0.230 e. The molecule has 11 heavy (non-hydrogen) atoms. The normalized spacial score (nSPS) is 9.73. The fraction of sp³-hybridized carbons (Fsp3) is 0.167. The van der Waals surface area contributed by atoms with Gasteiger partial charge in [-0.05, 0) is 28.7 Å². The molecule has 1 aromatic heterocycles. The second-order valence-corrected chi connectivity index (χ2v) is 2.75. The Kier molecular flexibility index (Phi) is 2.98. The average Bonchev–Trinajstić information content (AvgIpc) is 1.99. The molecule has 0 saturated carbocycles. The highest BCUT2D eigenvalue weighted by Crippen LogP contribution is 2.21. The van der Waals surface area contributed by atoms with E-state index in [9.17, 15) is 8.78 Å². The Morgan fingerprint density at radius 3 is 3.00 bits per heavy atom. The van der Waals surface area contributed by atoms with Crippen LogP contribution in [0.1, 0.15) is 0 Å². The van der Waals surface area contributed by atoms with Gasteiger partial charge in [-0.15, -0.1) is 0 Å². The van der Waals surface area contributed by atoms with Gasteiger partial charge in [-0.3, -0.25) is 0 Å². The zero-order chi connectivity index (χ0) is 8.27. The molecule has 5 heteroatoms. The van der Waals surface area contributed by atoms with Gasteiger partial charge in [0.2, 0.25) is 12.8 Å². The third-order valence-corrected chi connectivity index (χ3v) is 2.00. The molecular formula is C6H4F2INO. The Bertz CT molecular complexity index is 256. The van der Waals surface area contributed by atoms with Crippen molar-refractivity contribution < 1.29 is 13.5 Å². The van der Waals surface area contributed by atoms with E-state index >= 15 is 0 Å². The summed E-state index contributed by atoms with van der Waals surface area (Å²) in [5.74, 6) is -0.461. The standard InChI is InChI=1S/C6H4F2INO/c7-3-11-4-1-2-10-6(8)5(4)9/h1-2H,3H2. The van der Waals surface area contributed by atoms with Gasteiger partial charge in [0.15, 0.2) is 0 Å². The number of alkyl halides is 1. The molecule has 0 N–H and O–H groups in total. The van der Waals surface area contributed by atoms with E-state index in [4.69, 9.17) is 0 Å². The molecule has 0 aromatic carbocycles. The van der Waals surface area contributed by atoms with Gasteiger partial charge < -0.3 is 4.74 Å². The summed E-state index contributed by atoms with van der Waals surface area (Å²) >= 11 is 1.70. The van der Waals surface area contributed by atoms with Crippen LogP contribution >= 0.6 is 22.6 Å². The van der Waals surface area contributed by atoms with Gasteiger partial charge in [-0.2, -0.15) is 4.39 Å². The van der Waals surface area contributed by atoms with Crippen LogP contribution in [-0.4, -0.2) is 11.8 Å². The fourth-order valence-electron chi connectivity index (χ4n) is 0.572. The third kappa shape index (κ3) is 1.98. The highest BCUT2D eigenvalue weighted by Gasteiger charge is 2.06. The molecule has 60 valence electrons. The first-order chi connectivity index (χ1) is 5.25. The number of aromatic nitrogens is 1. The number of halogens is 3. The van der Waals surface area contributed by atoms with Crippen LogP contribution in [0.15, 0.2) is 12.3 Å². The minimum atomic E-state index is -0.959. The van der Waals surface area contributed by atoms with Crippen LogP contribution in [0.25, 0.3) is 0 Å². The van der Waals surface area contributed by atoms with Crippen LogP contribution in [0.3, 0.4) is 0 Å². The Labute approximate surface area is 75.7 Å². The van der Waals surface area contributed by atoms with Crippen LogP contribution in [0, 0.1) is 9.52 Å². The van der Waals surface area contributed by atoms with Gasteiger partial charge in [0.1, 0.15) is 9.32 Å². The lowest BCUT2D eigenvalue weighted by Crippen LogP contribution is -1.96. The highest BCUT2D eigenvalue weighted by molar-refractivity contribution is 14.1. The van der Waals surface area contributed by atoms with Gasteiger partial charge in [0.05, 0.1) is 0 Å². The van der Waals surface area contributed by atoms with E-state index in [-0.39, 0.29) is 9.32 Å². The fourth-order valence-corrected chi connectivity index (χ4v) is 1.05. The van der Waals surface area contributed by atoms with Gasteiger partial charge in [0, 0.05) is 6.20 Å². The predicted molar refractivity (Wildman–Crippen MR) is 43.5 cm³/mol. The first-order valence-corrected chi connectivity index (χ1v) is 3.82. The molecule has 1 rings (SSSR count). The maximum Gasteiger partial charge on any atom is 0.230 e. The van der Waals surface area contributed by atoms with Crippen molar-refractivity contribution >= 4 is 22.6 Å². The number of hydrogen-bond donors (Lipinski definition) is 0. The lowest BCUT2D eigenvalue weighted by molar-refractivity contribution is 0.189. The summed E-state index contributed by atoms with van der Waals surface area (Å²) in [7, 11) is 0. The third-order valence-electron chi connectivity index (χ3n) is 1.02. The van der Waals surface area contributed by atoms with Crippen LogP contribution in [0.4, 0.5) is 8.78 Å². The van der Waals surface area contributed by atoms with E-state index in [2.05, 4.69) is 9.72 Å². The van der Waals surface area contributed by atoms with E-state index in [0.717, 1.165) is 0 Å². The van der Waals surface area contributed by atoms with Crippen molar-refractivity contribution in [1.29, 1.82) is 0 Å². The molecular weight excluding hydrogens is 267 g/mol. The van der Waals surface area contributed by atoms with Crippen LogP contribution < -0.4 is 4.74 Å². The summed E-state index contributed by atoms with van der Waals surface area (Å²) in [5, 5.41) is 0. The van der Waals surface area contributed by atoms with Crippen LogP contribution in [0.2, 0.25) is 0 Å². The molecule has 0 atom stereocenters. The highest BCUT2D eigenvalue weighted by atomic mass is 127. The molecule has 2 nitrogen and oxygen atoms in total. The molecule has 0 saturated heterocycles. The Morgan fingerprint density at radius 1 is 1.64 bits per heavy atom. The first-order valence-electron chi connectivity index (χ1n) is 2.74. The minimum absolute atomic E-state index is 0.181. The van der Waals surface area contributed by atoms with Gasteiger partial charge in [-0.1, -0.05) is 0 Å². The number of pyridine rings is 1. The summed E-state index contributed by atoms with van der Waals surface area (Å²) in [6.45, 7) is -0.959. The second kappa shape index (κ2) is 3.80. The Balaban J connectivity index is 2.96. The lowest BCUT2D eigenvalue weighted by atomic mass is 10.4. The molecule has 0 fully saturated rings. The molecule has 0 radical (unpaired) electrons. The molecule has 1 aromatic rings. The summed E-state index contributed by atoms with van der Waals surface area (Å²) in [6.07, 6.45) is 1.22. The van der Waals surface area contributed by atoms with E-state index in [1.165, 1.54) is 12.3 Å². The number of ether oxygens (including phenoxy) is 1. The van der Waals surface area contributed by atoms with Crippen LogP contribution in [0.5, 0.6) is 5.75 Å². The van der Waals surface area contributed by atoms with E-state index in [0.29, 0.717) is 0 Å². The molecule has 1 heterocycles. The van der Waals surface area contributed by atoms with Gasteiger partial charge >= 0.3 is 0 Å². The maximum atomic E-state index is 12.6. The Hall–Kier alpha value is -0.460. The summed E-state index contributed by atoms with van der Waals surface area (Å²) in [6, 6.07) is 1.41. The van der Waals surface area contributed by atoms with Gasteiger partial charge in [-0.25, -0.2) is 9.37 Å². The maximum absolute atomic E-state index is 12.6. The zero-order valence-corrected chi connectivity index (χ0v) is 7.51. The van der Waals surface area contributed by atoms with Crippen molar-refractivity contribution in [2.75, 3.05) is 6.86 Å². The molecule has 0 aliphatic carbocycles. The monoisotopic (exact) mass is 271 g/mol. The van der Waals surface area contributed by atoms with Gasteiger partial charge in [0.25, 0.3) is 0 Å². The van der Waals surface area contributed by atoms with Crippen molar-refractivity contribution in [3.63, 3.8) is 0 Å². The zero-order valence-electron chi connectivity index (χ0n) is 5.35. The quantitative estimate of drug-likeness (QED) is 0.607. The average molecular weight is 271 g/mol. The van der Waals surface area contributed by atoms with E-state index < -0.39 is 12.8 Å². The topological polar surface area (TPSA) is 22.1 Å². The first kappa shape index (κ1) is 8.63. The summed E-state index contributed by atoms with van der Waals surface area (Å²) < 4.78 is 28.9. The number of nitrogens with zero attached hydrogens (tertiary/aromatic N) is 1. The van der Waals surface area contributed by atoms with Crippen molar-refractivity contribution in [1.82, 2.24) is 4.98 Å². The van der Waals surface area contributed by atoms with E-state index in [1.807, 2.05) is 0 Å². The number of hydrogen-bond acceptors (Lipinski definition) is 2. The molecule has 0 unspecified atom stereocenters. The molecule has 0 aliphatic heterocycles. The predicted octanol–water partition coefficient (Wildman–Crippen LogP) is 2.13. The van der Waals surface area contributed by atoms with E-state index in [1.54, 1.807) is 22.6 Å². The lowest BCUT2D eigenvalue weighted by Gasteiger charge is -2.02. The number of rotatable bonds is 2. The molecule has 0 amide bonds. The van der Waals surface area contributed by atoms with Crippen molar-refractivity contribution in [2.24, 2.45) is 0 Å². The molecule has 0 aliphatic rings. The Morgan fingerprint density at radius 2 is 2.36 bits per heavy atom. The van der Waals surface area contributed by atoms with Crippen molar-refractivity contribution in [3.8, 4) is 5.75 Å². The molecule has 0 bridgehead atoms. The SMILES string of the molecule is FCOc1ccnc(F)c1I. The largest absolute Gasteiger partial charge is 0.462 e. The van der Waals surface area contributed by atoms with Crippen LogP contribution in [-0.2, 0) is 0 Å². The van der Waals surface area contributed by atoms with Crippen molar-refractivity contribution in [2.45, 2.75) is 0 Å². The van der Waals surface area contributed by atoms with Crippen molar-refractivity contribution in [3.05, 3.63) is 21.8 Å². The second-order valence-electron chi connectivity index (χ2n) is 1.67. The molecule has 0 spiro atoms. The summed E-state index contributed by atoms with van der Waals surface area (Å²) in [4.78, 5) is 3.34. The minimum Gasteiger partial charge on any atom is -0.462 e.